The number of nitrogens with two attached hydrogens (primary N) is 1. The number of rotatable bonds is 2. The van der Waals surface area contributed by atoms with Crippen LogP contribution in [0, 0.1) is 0 Å². The lowest BCUT2D eigenvalue weighted by atomic mass is 10.3. The number of nitrogens with zero attached hydrogens (tertiary/aromatic N) is 2. The van der Waals surface area contributed by atoms with Crippen molar-refractivity contribution in [2.24, 2.45) is 0 Å². The molecule has 1 atom stereocenters. The molecular formula is C12H15N3O3S2. The molecule has 20 heavy (non-hydrogen) atoms. The molecule has 1 fully saturated rings. The molecular weight excluding hydrogens is 298 g/mol. The third kappa shape index (κ3) is 2.33. The first-order valence-electron chi connectivity index (χ1n) is 6.15. The summed E-state index contributed by atoms with van der Waals surface area (Å²) in [6, 6.07) is 5.63. The van der Waals surface area contributed by atoms with Gasteiger partial charge in [0.05, 0.1) is 5.69 Å². The fraction of sp³-hybridized carbons (Fsp3) is 0.417. The number of hydrogen-bond acceptors (Lipinski definition) is 7. The van der Waals surface area contributed by atoms with Gasteiger partial charge in [-0.2, -0.15) is 16.7 Å². The van der Waals surface area contributed by atoms with Crippen LogP contribution >= 0.6 is 11.8 Å². The van der Waals surface area contributed by atoms with Gasteiger partial charge in [0.2, 0.25) is 0 Å². The molecule has 108 valence electrons. The molecule has 1 aromatic carbocycles. The van der Waals surface area contributed by atoms with Crippen LogP contribution in [0.5, 0.6) is 0 Å². The number of oxazole rings is 1. The second kappa shape index (κ2) is 4.85. The van der Waals surface area contributed by atoms with E-state index in [-0.39, 0.29) is 0 Å². The van der Waals surface area contributed by atoms with Crippen molar-refractivity contribution < 1.29 is 12.8 Å². The van der Waals surface area contributed by atoms with E-state index in [1.807, 2.05) is 0 Å². The predicted molar refractivity (Wildman–Crippen MR) is 81.7 cm³/mol. The zero-order valence-electron chi connectivity index (χ0n) is 10.9. The van der Waals surface area contributed by atoms with E-state index in [0.29, 0.717) is 35.1 Å². The lowest BCUT2D eigenvalue weighted by Crippen LogP contribution is -2.47. The van der Waals surface area contributed by atoms with Crippen molar-refractivity contribution in [3.05, 3.63) is 18.2 Å². The molecule has 0 spiro atoms. The molecule has 1 aliphatic heterocycles. The SMILES string of the molecule is CS(=O)(=O)C1CSCCN1c1nc2c(N)cccc2o1. The molecule has 6 nitrogen and oxygen atoms in total. The summed E-state index contributed by atoms with van der Waals surface area (Å²) in [6.45, 7) is 0.592. The highest BCUT2D eigenvalue weighted by Gasteiger charge is 2.34. The maximum Gasteiger partial charge on any atom is 0.299 e. The van der Waals surface area contributed by atoms with E-state index in [4.69, 9.17) is 10.2 Å². The number of thioether (sulfide) groups is 1. The highest BCUT2D eigenvalue weighted by Crippen LogP contribution is 2.30. The summed E-state index contributed by atoms with van der Waals surface area (Å²) in [4.78, 5) is 6.07. The molecule has 2 N–H and O–H groups in total. The van der Waals surface area contributed by atoms with Gasteiger partial charge in [0.15, 0.2) is 15.4 Å². The molecule has 0 amide bonds. The molecule has 1 unspecified atom stereocenters. The number of fused-ring (bicyclic) bond motifs is 1. The van der Waals surface area contributed by atoms with Crippen LogP contribution in [-0.2, 0) is 9.84 Å². The molecule has 0 bridgehead atoms. The molecule has 1 saturated heterocycles. The smallest absolute Gasteiger partial charge is 0.299 e. The van der Waals surface area contributed by atoms with Crippen molar-refractivity contribution in [1.29, 1.82) is 0 Å². The lowest BCUT2D eigenvalue weighted by Gasteiger charge is -2.32. The quantitative estimate of drug-likeness (QED) is 0.837. The Morgan fingerprint density at radius 2 is 2.30 bits per heavy atom. The second-order valence-corrected chi connectivity index (χ2v) is 8.10. The van der Waals surface area contributed by atoms with Crippen LogP contribution < -0.4 is 10.6 Å². The van der Waals surface area contributed by atoms with Crippen molar-refractivity contribution in [2.45, 2.75) is 5.37 Å². The standard InChI is InChI=1S/C12H15N3O3S2/c1-20(16,17)10-7-19-6-5-15(10)12-14-11-8(13)3-2-4-9(11)18-12/h2-4,10H,5-7,13H2,1H3. The van der Waals surface area contributed by atoms with E-state index >= 15 is 0 Å². The van der Waals surface area contributed by atoms with Crippen molar-refractivity contribution in [1.82, 2.24) is 4.98 Å². The van der Waals surface area contributed by atoms with Crippen LogP contribution in [0.25, 0.3) is 11.1 Å². The van der Waals surface area contributed by atoms with Gasteiger partial charge < -0.3 is 15.1 Å². The minimum absolute atomic E-state index is 0.327. The van der Waals surface area contributed by atoms with Crippen LogP contribution in [0.4, 0.5) is 11.7 Å². The highest BCUT2D eigenvalue weighted by atomic mass is 32.2. The topological polar surface area (TPSA) is 89.4 Å². The van der Waals surface area contributed by atoms with Gasteiger partial charge in [-0.15, -0.1) is 0 Å². The van der Waals surface area contributed by atoms with Crippen molar-refractivity contribution in [3.63, 3.8) is 0 Å². The summed E-state index contributed by atoms with van der Waals surface area (Å²) >= 11 is 1.62. The van der Waals surface area contributed by atoms with Gasteiger partial charge in [-0.25, -0.2) is 8.42 Å². The first-order valence-corrected chi connectivity index (χ1v) is 9.26. The average molecular weight is 313 g/mol. The molecule has 0 radical (unpaired) electrons. The fourth-order valence-electron chi connectivity index (χ4n) is 2.24. The largest absolute Gasteiger partial charge is 0.423 e. The van der Waals surface area contributed by atoms with Crippen molar-refractivity contribution >= 4 is 44.4 Å². The van der Waals surface area contributed by atoms with Gasteiger partial charge >= 0.3 is 0 Å². The fourth-order valence-corrected chi connectivity index (χ4v) is 5.04. The summed E-state index contributed by atoms with van der Waals surface area (Å²) in [7, 11) is -3.20. The van der Waals surface area contributed by atoms with E-state index in [1.165, 1.54) is 6.26 Å². The van der Waals surface area contributed by atoms with Gasteiger partial charge in [0.1, 0.15) is 10.9 Å². The van der Waals surface area contributed by atoms with Crippen LogP contribution in [0.3, 0.4) is 0 Å². The third-order valence-electron chi connectivity index (χ3n) is 3.26. The van der Waals surface area contributed by atoms with Crippen LogP contribution in [0.1, 0.15) is 0 Å². The molecule has 1 aromatic heterocycles. The lowest BCUT2D eigenvalue weighted by molar-refractivity contribution is 0.546. The summed E-state index contributed by atoms with van der Waals surface area (Å²) in [5, 5.41) is -0.601. The minimum Gasteiger partial charge on any atom is -0.423 e. The molecule has 8 heteroatoms. The highest BCUT2D eigenvalue weighted by molar-refractivity contribution is 8.01. The first kappa shape index (κ1) is 13.6. The van der Waals surface area contributed by atoms with E-state index in [9.17, 15) is 8.42 Å². The molecule has 0 saturated carbocycles. The van der Waals surface area contributed by atoms with Crippen molar-refractivity contribution in [2.75, 3.05) is 34.9 Å². The van der Waals surface area contributed by atoms with Crippen LogP contribution in [0.15, 0.2) is 22.6 Å². The normalized spacial score (nSPS) is 20.4. The molecule has 2 heterocycles. The number of aromatic nitrogens is 1. The Morgan fingerprint density at radius 3 is 3.00 bits per heavy atom. The van der Waals surface area contributed by atoms with Gasteiger partial charge in [-0.3, -0.25) is 0 Å². The summed E-state index contributed by atoms with van der Waals surface area (Å²) < 4.78 is 29.5. The molecule has 1 aliphatic rings. The van der Waals surface area contributed by atoms with E-state index in [1.54, 1.807) is 34.9 Å². The van der Waals surface area contributed by atoms with Gasteiger partial charge in [0, 0.05) is 24.3 Å². The van der Waals surface area contributed by atoms with E-state index < -0.39 is 15.2 Å². The predicted octanol–water partition coefficient (Wildman–Crippen LogP) is 1.33. The van der Waals surface area contributed by atoms with Gasteiger partial charge in [0.25, 0.3) is 6.01 Å². The Balaban J connectivity index is 2.06. The van der Waals surface area contributed by atoms with E-state index in [2.05, 4.69) is 4.98 Å². The summed E-state index contributed by atoms with van der Waals surface area (Å²) in [5.41, 5.74) is 7.54. The summed E-state index contributed by atoms with van der Waals surface area (Å²) in [5.74, 6) is 1.37. The van der Waals surface area contributed by atoms with Crippen molar-refractivity contribution in [3.8, 4) is 0 Å². The van der Waals surface area contributed by atoms with Gasteiger partial charge in [-0.05, 0) is 12.1 Å². The van der Waals surface area contributed by atoms with Crippen LogP contribution in [0.2, 0.25) is 0 Å². The maximum atomic E-state index is 11.9. The first-order chi connectivity index (χ1) is 9.47. The molecule has 2 aromatic rings. The average Bonchev–Trinajstić information content (AvgIpc) is 2.83. The Morgan fingerprint density at radius 1 is 1.50 bits per heavy atom. The Hall–Kier alpha value is -1.41. The third-order valence-corrected chi connectivity index (χ3v) is 5.91. The maximum absolute atomic E-state index is 11.9. The number of anilines is 2. The number of para-hydroxylation sites is 1. The number of hydrogen-bond donors (Lipinski definition) is 1. The number of nitrogen functional groups attached to an aromatic ring is 1. The Bertz CT molecular complexity index is 741. The Labute approximate surface area is 121 Å². The Kier molecular flexibility index (Phi) is 3.29. The zero-order chi connectivity index (χ0) is 14.3. The number of benzene rings is 1. The van der Waals surface area contributed by atoms with Crippen LogP contribution in [-0.4, -0.2) is 43.1 Å². The van der Waals surface area contributed by atoms with E-state index in [0.717, 1.165) is 5.75 Å². The summed E-state index contributed by atoms with van der Waals surface area (Å²) in [6.07, 6.45) is 1.24. The molecule has 3 rings (SSSR count). The van der Waals surface area contributed by atoms with Gasteiger partial charge in [-0.1, -0.05) is 6.07 Å². The minimum atomic E-state index is -3.20. The number of sulfone groups is 1. The zero-order valence-corrected chi connectivity index (χ0v) is 12.6. The second-order valence-electron chi connectivity index (χ2n) is 4.74. The molecule has 0 aliphatic carbocycles. The monoisotopic (exact) mass is 313 g/mol.